The van der Waals surface area contributed by atoms with Gasteiger partial charge in [-0.25, -0.2) is 14.2 Å². The molecular weight excluding hydrogens is 628 g/mol. The number of aromatic nitrogens is 2. The summed E-state index contributed by atoms with van der Waals surface area (Å²) in [4.78, 5) is 57.5. The van der Waals surface area contributed by atoms with Crippen LogP contribution in [0.1, 0.15) is 72.5 Å². The normalized spacial score (nSPS) is 20.3. The van der Waals surface area contributed by atoms with Crippen molar-refractivity contribution in [2.75, 3.05) is 13.1 Å². The number of esters is 1. The summed E-state index contributed by atoms with van der Waals surface area (Å²) >= 11 is 0. The molecule has 47 heavy (non-hydrogen) atoms. The number of pyridine rings is 2. The number of aryl methyl sites for hydroxylation is 1. The first-order valence-electron chi connectivity index (χ1n) is 15.2. The highest BCUT2D eigenvalue weighted by molar-refractivity contribution is 5.94. The number of benzene rings is 1. The summed E-state index contributed by atoms with van der Waals surface area (Å²) in [7, 11) is 0. The van der Waals surface area contributed by atoms with E-state index >= 15 is 4.39 Å². The van der Waals surface area contributed by atoms with Crippen molar-refractivity contribution in [2.45, 2.75) is 83.5 Å². The average Bonchev–Trinajstić information content (AvgIpc) is 3.35. The quantitative estimate of drug-likeness (QED) is 0.202. The molecule has 4 heterocycles. The molecule has 3 N–H and O–H groups in total. The Morgan fingerprint density at radius 3 is 2.62 bits per heavy atom. The Hall–Kier alpha value is -4.37. The zero-order valence-corrected chi connectivity index (χ0v) is 25.8. The molecule has 3 aromatic rings. The maximum atomic E-state index is 15.1. The van der Waals surface area contributed by atoms with Gasteiger partial charge in [-0.05, 0) is 55.9 Å². The van der Waals surface area contributed by atoms with E-state index in [1.54, 1.807) is 13.8 Å². The van der Waals surface area contributed by atoms with Gasteiger partial charge >= 0.3 is 12.1 Å². The number of alkyl halides is 3. The number of fused-ring (bicyclic) bond motifs is 5. The Labute approximate surface area is 265 Å². The molecule has 250 valence electrons. The van der Waals surface area contributed by atoms with Gasteiger partial charge < -0.3 is 29.7 Å². The lowest BCUT2D eigenvalue weighted by molar-refractivity contribution is -0.172. The first kappa shape index (κ1) is 32.6. The summed E-state index contributed by atoms with van der Waals surface area (Å²) in [6.45, 7) is 2.88. The topological polar surface area (TPSA) is 151 Å². The van der Waals surface area contributed by atoms with Crippen LogP contribution in [0.5, 0.6) is 0 Å². The Bertz CT molecular complexity index is 1920. The van der Waals surface area contributed by atoms with E-state index in [0.717, 1.165) is 0 Å². The van der Waals surface area contributed by atoms with Crippen molar-refractivity contribution in [2.24, 2.45) is 0 Å². The maximum Gasteiger partial charge on any atom is 0.397 e. The highest BCUT2D eigenvalue weighted by Gasteiger charge is 2.46. The summed E-state index contributed by atoms with van der Waals surface area (Å²) in [6, 6.07) is 2.00. The molecule has 0 saturated heterocycles. The zero-order valence-electron chi connectivity index (χ0n) is 25.8. The molecule has 0 spiro atoms. The molecule has 0 radical (unpaired) electrons. The minimum Gasteiger partial charge on any atom is -0.458 e. The van der Waals surface area contributed by atoms with Gasteiger partial charge in [0.05, 0.1) is 47.7 Å². The number of ether oxygens (including phenoxy) is 1. The number of rotatable bonds is 7. The molecule has 2 aliphatic heterocycles. The van der Waals surface area contributed by atoms with Crippen molar-refractivity contribution < 1.29 is 46.9 Å². The first-order chi connectivity index (χ1) is 22.0. The van der Waals surface area contributed by atoms with Crippen molar-refractivity contribution in [3.63, 3.8) is 0 Å². The Morgan fingerprint density at radius 1 is 1.23 bits per heavy atom. The minimum atomic E-state index is -4.81. The molecule has 3 aliphatic rings. The predicted octanol–water partition coefficient (Wildman–Crippen LogP) is 2.79. The fraction of sp³-hybridized carbons (Fsp3) is 0.469. The maximum absolute atomic E-state index is 15.1. The molecule has 11 nitrogen and oxygen atoms in total. The number of hydrogen-bond acceptors (Lipinski definition) is 8. The molecule has 0 saturated carbocycles. The summed E-state index contributed by atoms with van der Waals surface area (Å²) < 4.78 is 60.7. The number of aliphatic hydroxyl groups is 2. The number of nitrogens with zero attached hydrogens (tertiary/aromatic N) is 3. The van der Waals surface area contributed by atoms with Gasteiger partial charge in [0.1, 0.15) is 18.8 Å². The second-order valence-electron chi connectivity index (χ2n) is 12.4. The van der Waals surface area contributed by atoms with E-state index in [1.165, 1.54) is 23.6 Å². The van der Waals surface area contributed by atoms with E-state index in [1.807, 2.05) is 0 Å². The molecule has 2 amide bonds. The third-order valence-corrected chi connectivity index (χ3v) is 9.24. The van der Waals surface area contributed by atoms with Gasteiger partial charge in [0.15, 0.2) is 5.60 Å². The second-order valence-corrected chi connectivity index (χ2v) is 12.4. The number of nitrogens with one attached hydrogen (secondary N) is 1. The van der Waals surface area contributed by atoms with Crippen LogP contribution in [0.3, 0.4) is 0 Å². The van der Waals surface area contributed by atoms with Crippen LogP contribution in [-0.2, 0) is 44.3 Å². The molecule has 1 aliphatic carbocycles. The first-order valence-corrected chi connectivity index (χ1v) is 15.2. The van der Waals surface area contributed by atoms with Crippen molar-refractivity contribution in [3.05, 3.63) is 61.7 Å². The van der Waals surface area contributed by atoms with Crippen LogP contribution in [-0.4, -0.2) is 67.8 Å². The lowest BCUT2D eigenvalue weighted by Crippen LogP contribution is -2.46. The van der Waals surface area contributed by atoms with E-state index in [4.69, 9.17) is 9.72 Å². The van der Waals surface area contributed by atoms with Crippen molar-refractivity contribution in [1.82, 2.24) is 19.8 Å². The smallest absolute Gasteiger partial charge is 0.397 e. The summed E-state index contributed by atoms with van der Waals surface area (Å²) in [5.74, 6) is -3.54. The fourth-order valence-electron chi connectivity index (χ4n) is 6.97. The molecule has 1 aromatic carbocycles. The fourth-order valence-corrected chi connectivity index (χ4v) is 6.97. The SMILES string of the molecule is CC[C@@]1(O)C(=O)OCc2c1cc1n(c2=O)Cc2c-1nc1cc(F)c(C)c3c1c2C(NC(=O)CN(CC(C)O)C(=O)CC(F)(F)F)CC3. The molecule has 3 atom stereocenters. The number of halogens is 4. The number of amides is 2. The van der Waals surface area contributed by atoms with Gasteiger partial charge in [0.25, 0.3) is 5.56 Å². The third kappa shape index (κ3) is 5.44. The lowest BCUT2D eigenvalue weighted by atomic mass is 9.81. The van der Waals surface area contributed by atoms with Crippen LogP contribution in [0.4, 0.5) is 17.6 Å². The average molecular weight is 661 g/mol. The zero-order chi connectivity index (χ0) is 34.2. The van der Waals surface area contributed by atoms with Crippen molar-refractivity contribution in [1.29, 1.82) is 0 Å². The molecule has 0 fully saturated rings. The van der Waals surface area contributed by atoms with E-state index in [2.05, 4.69) is 5.32 Å². The van der Waals surface area contributed by atoms with Gasteiger partial charge in [-0.15, -0.1) is 0 Å². The molecule has 0 bridgehead atoms. The molecule has 2 aromatic heterocycles. The van der Waals surface area contributed by atoms with Gasteiger partial charge in [0.2, 0.25) is 11.8 Å². The van der Waals surface area contributed by atoms with E-state index in [-0.39, 0.29) is 54.0 Å². The summed E-state index contributed by atoms with van der Waals surface area (Å²) in [6.07, 6.45) is -7.28. The van der Waals surface area contributed by atoms with Gasteiger partial charge in [-0.2, -0.15) is 13.2 Å². The highest BCUT2D eigenvalue weighted by atomic mass is 19.4. The molecule has 6 rings (SSSR count). The standard InChI is InChI=1S/C32H32F4N4O7/c1-4-31(46)19-7-23-28-17(11-40(23)29(44)18(19)13-47-30(31)45)27-21(6-5-16-15(3)20(33)8-22(38-28)26(16)27)37-24(42)12-39(10-14(2)41)25(43)9-32(34,35)36/h7-8,14,21,41,46H,4-6,9-13H2,1-3H3,(H,37,42)/t14?,21?,31-/m0/s1. The van der Waals surface area contributed by atoms with E-state index in [0.29, 0.717) is 39.0 Å². The number of aliphatic hydroxyl groups excluding tert-OH is 1. The van der Waals surface area contributed by atoms with Crippen LogP contribution in [0.25, 0.3) is 22.3 Å². The summed E-state index contributed by atoms with van der Waals surface area (Å²) in [5, 5.41) is 24.4. The number of carbonyl (C=O) groups is 3. The largest absolute Gasteiger partial charge is 0.458 e. The Morgan fingerprint density at radius 2 is 1.96 bits per heavy atom. The number of cyclic esters (lactones) is 1. The molecular formula is C32H32F4N4O7. The summed E-state index contributed by atoms with van der Waals surface area (Å²) in [5.41, 5.74) is 0.574. The van der Waals surface area contributed by atoms with Crippen molar-refractivity contribution >= 4 is 28.7 Å². The lowest BCUT2D eigenvalue weighted by Gasteiger charge is -2.31. The predicted molar refractivity (Wildman–Crippen MR) is 157 cm³/mol. The monoisotopic (exact) mass is 660 g/mol. The van der Waals surface area contributed by atoms with Crippen LogP contribution in [0.2, 0.25) is 0 Å². The van der Waals surface area contributed by atoms with Crippen molar-refractivity contribution in [3.8, 4) is 11.4 Å². The van der Waals surface area contributed by atoms with E-state index in [9.17, 15) is 42.6 Å². The van der Waals surface area contributed by atoms with E-state index < -0.39 is 72.6 Å². The minimum absolute atomic E-state index is 0.00594. The van der Waals surface area contributed by atoms with Crippen LogP contribution in [0, 0.1) is 12.7 Å². The highest BCUT2D eigenvalue weighted by Crippen LogP contribution is 2.46. The molecule has 2 unspecified atom stereocenters. The number of hydrogen-bond donors (Lipinski definition) is 3. The van der Waals surface area contributed by atoms with Crippen LogP contribution >= 0.6 is 0 Å². The Balaban J connectivity index is 1.45. The Kier molecular flexibility index (Phi) is 7.90. The number of carbonyl (C=O) groups excluding carboxylic acids is 3. The van der Waals surface area contributed by atoms with Crippen LogP contribution < -0.4 is 10.9 Å². The van der Waals surface area contributed by atoms with Gasteiger partial charge in [-0.1, -0.05) is 6.92 Å². The second kappa shape index (κ2) is 11.4. The molecule has 15 heteroatoms. The van der Waals surface area contributed by atoms with Gasteiger partial charge in [0, 0.05) is 29.1 Å². The van der Waals surface area contributed by atoms with Gasteiger partial charge in [-0.3, -0.25) is 14.4 Å². The third-order valence-electron chi connectivity index (χ3n) is 9.24. The van der Waals surface area contributed by atoms with Crippen LogP contribution in [0.15, 0.2) is 16.9 Å².